The average Bonchev–Trinajstić information content (AvgIpc) is 3.04. The van der Waals surface area contributed by atoms with Crippen LogP contribution in [0, 0.1) is 3.57 Å². The van der Waals surface area contributed by atoms with Crippen LogP contribution in [0.1, 0.15) is 0 Å². The number of halogens is 1. The lowest BCUT2D eigenvalue weighted by Gasteiger charge is -2.28. The Bertz CT molecular complexity index is 816. The smallest absolute Gasteiger partial charge is 0.245 e. The lowest BCUT2D eigenvalue weighted by Crippen LogP contribution is -2.37. The van der Waals surface area contributed by atoms with Gasteiger partial charge < -0.3 is 15.0 Å². The minimum Gasteiger partial charge on any atom is -0.378 e. The first kappa shape index (κ1) is 14.6. The third-order valence-corrected chi connectivity index (χ3v) is 4.23. The van der Waals surface area contributed by atoms with Crippen LogP contribution in [0.3, 0.4) is 0 Å². The second-order valence-corrected chi connectivity index (χ2v) is 6.28. The van der Waals surface area contributed by atoms with Crippen molar-refractivity contribution in [3.63, 3.8) is 0 Å². The van der Waals surface area contributed by atoms with Gasteiger partial charge in [0.1, 0.15) is 0 Å². The molecule has 0 amide bonds. The molecule has 118 valence electrons. The minimum absolute atomic E-state index is 0.384. The maximum absolute atomic E-state index is 5.41. The maximum Gasteiger partial charge on any atom is 0.245 e. The van der Waals surface area contributed by atoms with E-state index in [2.05, 4.69) is 53.1 Å². The molecule has 23 heavy (non-hydrogen) atoms. The van der Waals surface area contributed by atoms with Gasteiger partial charge in [0.25, 0.3) is 0 Å². The summed E-state index contributed by atoms with van der Waals surface area (Å²) in [4.78, 5) is 11.2. The summed E-state index contributed by atoms with van der Waals surface area (Å²) in [6.07, 6.45) is 0. The molecule has 2 aromatic heterocycles. The third kappa shape index (κ3) is 3.06. The Morgan fingerprint density at radius 2 is 1.70 bits per heavy atom. The lowest BCUT2D eigenvalue weighted by molar-refractivity contribution is 0.122. The highest BCUT2D eigenvalue weighted by Gasteiger charge is 2.20. The molecule has 1 aliphatic rings. The van der Waals surface area contributed by atoms with Crippen molar-refractivity contribution in [2.75, 3.05) is 36.5 Å². The zero-order valence-corrected chi connectivity index (χ0v) is 14.2. The van der Waals surface area contributed by atoms with E-state index in [-0.39, 0.29) is 0 Å². The summed E-state index contributed by atoms with van der Waals surface area (Å²) in [5.41, 5.74) is 1.72. The SMILES string of the molecule is Ic1ccc(Nc2nc3nonc3nc2N2CCOCC2)cc1. The number of anilines is 3. The molecule has 0 unspecified atom stereocenters. The summed E-state index contributed by atoms with van der Waals surface area (Å²) in [5, 5.41) is 10.9. The second-order valence-electron chi connectivity index (χ2n) is 5.04. The molecule has 0 saturated carbocycles. The van der Waals surface area contributed by atoms with Crippen LogP contribution in [0.5, 0.6) is 0 Å². The van der Waals surface area contributed by atoms with E-state index in [9.17, 15) is 0 Å². The zero-order valence-electron chi connectivity index (χ0n) is 12.1. The summed E-state index contributed by atoms with van der Waals surface area (Å²) < 4.78 is 11.3. The topological polar surface area (TPSA) is 89.2 Å². The Hall–Kier alpha value is -2.01. The van der Waals surface area contributed by atoms with Crippen molar-refractivity contribution in [1.82, 2.24) is 20.3 Å². The number of benzene rings is 1. The molecule has 1 N–H and O–H groups in total. The lowest BCUT2D eigenvalue weighted by atomic mass is 10.3. The van der Waals surface area contributed by atoms with Crippen molar-refractivity contribution < 1.29 is 9.37 Å². The molecule has 3 aromatic rings. The highest BCUT2D eigenvalue weighted by Crippen LogP contribution is 2.27. The van der Waals surface area contributed by atoms with E-state index < -0.39 is 0 Å². The number of nitrogens with one attached hydrogen (secondary N) is 1. The average molecular weight is 424 g/mol. The molecule has 0 spiro atoms. The van der Waals surface area contributed by atoms with Crippen molar-refractivity contribution in [2.24, 2.45) is 0 Å². The van der Waals surface area contributed by atoms with Gasteiger partial charge in [-0.25, -0.2) is 14.6 Å². The molecule has 4 rings (SSSR count). The quantitative estimate of drug-likeness (QED) is 0.641. The van der Waals surface area contributed by atoms with Gasteiger partial charge >= 0.3 is 0 Å². The molecule has 1 aliphatic heterocycles. The number of hydrogen-bond donors (Lipinski definition) is 1. The minimum atomic E-state index is 0.384. The number of aromatic nitrogens is 4. The van der Waals surface area contributed by atoms with E-state index in [1.54, 1.807) is 0 Å². The molecule has 1 saturated heterocycles. The number of morpholine rings is 1. The summed E-state index contributed by atoms with van der Waals surface area (Å²) in [6, 6.07) is 8.05. The van der Waals surface area contributed by atoms with Crippen molar-refractivity contribution in [3.8, 4) is 0 Å². The van der Waals surface area contributed by atoms with Crippen LogP contribution in [-0.4, -0.2) is 46.6 Å². The van der Waals surface area contributed by atoms with Gasteiger partial charge in [-0.05, 0) is 57.2 Å². The second kappa shape index (κ2) is 6.24. The summed E-state index contributed by atoms with van der Waals surface area (Å²) in [7, 11) is 0. The van der Waals surface area contributed by atoms with Crippen molar-refractivity contribution in [1.29, 1.82) is 0 Å². The predicted octanol–water partition coefficient (Wildman–Crippen LogP) is 2.20. The molecule has 0 radical (unpaired) electrons. The number of rotatable bonds is 3. The molecule has 0 aliphatic carbocycles. The van der Waals surface area contributed by atoms with E-state index in [0.29, 0.717) is 30.3 Å². The van der Waals surface area contributed by atoms with Crippen LogP contribution in [0.15, 0.2) is 28.9 Å². The summed E-state index contributed by atoms with van der Waals surface area (Å²) in [6.45, 7) is 2.85. The summed E-state index contributed by atoms with van der Waals surface area (Å²) in [5.74, 6) is 1.37. The van der Waals surface area contributed by atoms with Gasteiger partial charge in [0.05, 0.1) is 13.2 Å². The van der Waals surface area contributed by atoms with Gasteiger partial charge in [-0.1, -0.05) is 0 Å². The fourth-order valence-electron chi connectivity index (χ4n) is 2.38. The van der Waals surface area contributed by atoms with E-state index in [1.807, 2.05) is 24.3 Å². The molecule has 3 heterocycles. The molecule has 1 fully saturated rings. The van der Waals surface area contributed by atoms with Gasteiger partial charge in [-0.3, -0.25) is 0 Å². The molecule has 0 atom stereocenters. The fraction of sp³-hybridized carbons (Fsp3) is 0.286. The van der Waals surface area contributed by atoms with Gasteiger partial charge in [-0.15, -0.1) is 0 Å². The van der Waals surface area contributed by atoms with Crippen molar-refractivity contribution >= 4 is 51.2 Å². The maximum atomic E-state index is 5.41. The first-order valence-corrected chi connectivity index (χ1v) is 8.23. The third-order valence-electron chi connectivity index (χ3n) is 3.51. The Kier molecular flexibility index (Phi) is 3.95. The normalized spacial score (nSPS) is 15.1. The standard InChI is InChI=1S/C14H13IN6O2/c15-9-1-3-10(4-2-9)16-13-14(21-5-7-22-8-6-21)18-12-11(17-13)19-23-20-12/h1-4H,5-8H2,(H,16,17,19). The number of ether oxygens (including phenoxy) is 1. The number of fused-ring (bicyclic) bond motifs is 1. The Morgan fingerprint density at radius 3 is 2.43 bits per heavy atom. The van der Waals surface area contributed by atoms with Crippen LogP contribution in [0.2, 0.25) is 0 Å². The van der Waals surface area contributed by atoms with E-state index in [1.165, 1.54) is 3.57 Å². The Morgan fingerprint density at radius 1 is 1.00 bits per heavy atom. The van der Waals surface area contributed by atoms with Crippen LogP contribution >= 0.6 is 22.6 Å². The van der Waals surface area contributed by atoms with Crippen LogP contribution < -0.4 is 10.2 Å². The highest BCUT2D eigenvalue weighted by atomic mass is 127. The molecule has 8 nitrogen and oxygen atoms in total. The highest BCUT2D eigenvalue weighted by molar-refractivity contribution is 14.1. The van der Waals surface area contributed by atoms with Gasteiger partial charge in [0, 0.05) is 22.3 Å². The van der Waals surface area contributed by atoms with Gasteiger partial charge in [-0.2, -0.15) is 0 Å². The van der Waals surface area contributed by atoms with E-state index in [4.69, 9.17) is 9.37 Å². The fourth-order valence-corrected chi connectivity index (χ4v) is 2.74. The number of hydrogen-bond acceptors (Lipinski definition) is 8. The molecule has 9 heteroatoms. The molecular formula is C14H13IN6O2. The monoisotopic (exact) mass is 424 g/mol. The van der Waals surface area contributed by atoms with Crippen LogP contribution in [-0.2, 0) is 4.74 Å². The van der Waals surface area contributed by atoms with E-state index in [0.717, 1.165) is 24.6 Å². The molecular weight excluding hydrogens is 411 g/mol. The van der Waals surface area contributed by atoms with E-state index >= 15 is 0 Å². The van der Waals surface area contributed by atoms with Crippen molar-refractivity contribution in [2.45, 2.75) is 0 Å². The predicted molar refractivity (Wildman–Crippen MR) is 92.9 cm³/mol. The van der Waals surface area contributed by atoms with Gasteiger partial charge in [0.2, 0.25) is 11.3 Å². The Labute approximate surface area is 145 Å². The van der Waals surface area contributed by atoms with Crippen molar-refractivity contribution in [3.05, 3.63) is 27.8 Å². The molecule has 1 aromatic carbocycles. The first-order chi connectivity index (χ1) is 11.3. The van der Waals surface area contributed by atoms with Crippen LogP contribution in [0.25, 0.3) is 11.3 Å². The summed E-state index contributed by atoms with van der Waals surface area (Å²) >= 11 is 2.27. The Balaban J connectivity index is 1.74. The number of nitrogens with zero attached hydrogens (tertiary/aromatic N) is 5. The van der Waals surface area contributed by atoms with Gasteiger partial charge in [0.15, 0.2) is 11.6 Å². The van der Waals surface area contributed by atoms with Crippen LogP contribution in [0.4, 0.5) is 17.3 Å². The largest absolute Gasteiger partial charge is 0.378 e. The first-order valence-electron chi connectivity index (χ1n) is 7.15. The zero-order chi connectivity index (χ0) is 15.6. The molecule has 0 bridgehead atoms.